The Morgan fingerprint density at radius 3 is 2.91 bits per heavy atom. The molecular weight excluding hydrogens is 433 g/mol. The smallest absolute Gasteiger partial charge is 0.257 e. The number of imidazole rings is 1. The molecule has 1 aliphatic heterocycles. The highest BCUT2D eigenvalue weighted by Gasteiger charge is 2.28. The lowest BCUT2D eigenvalue weighted by atomic mass is 10.0. The van der Waals surface area contributed by atoms with Gasteiger partial charge in [-0.2, -0.15) is 0 Å². The number of nitrogens with zero attached hydrogens (tertiary/aromatic N) is 4. The molecule has 1 saturated heterocycles. The minimum Gasteiger partial charge on any atom is -0.397 e. The van der Waals surface area contributed by atoms with E-state index in [2.05, 4.69) is 25.5 Å². The topological polar surface area (TPSA) is 100 Å². The van der Waals surface area contributed by atoms with Crippen molar-refractivity contribution < 1.29 is 9.18 Å². The minimum atomic E-state index is -0.507. The zero-order chi connectivity index (χ0) is 23.8. The highest BCUT2D eigenvalue weighted by molar-refractivity contribution is 6.11. The van der Waals surface area contributed by atoms with Crippen LogP contribution in [0.2, 0.25) is 0 Å². The fourth-order valence-corrected chi connectivity index (χ4v) is 4.61. The number of hydrogen-bond acceptors (Lipinski definition) is 6. The molecule has 2 aliphatic rings. The Bertz CT molecular complexity index is 1260. The van der Waals surface area contributed by atoms with E-state index in [1.54, 1.807) is 43.0 Å². The molecule has 8 nitrogen and oxygen atoms in total. The second-order valence-electron chi connectivity index (χ2n) is 9.27. The van der Waals surface area contributed by atoms with Gasteiger partial charge in [-0.3, -0.25) is 9.79 Å². The number of nitrogens with one attached hydrogen (secondary N) is 2. The van der Waals surface area contributed by atoms with Crippen LogP contribution >= 0.6 is 0 Å². The number of amides is 1. The first kappa shape index (κ1) is 22.3. The van der Waals surface area contributed by atoms with Gasteiger partial charge in [0, 0.05) is 62.1 Å². The van der Waals surface area contributed by atoms with E-state index in [4.69, 9.17) is 5.73 Å². The zero-order valence-electron chi connectivity index (χ0n) is 19.5. The van der Waals surface area contributed by atoms with Crippen LogP contribution in [0, 0.1) is 18.7 Å². The first-order chi connectivity index (χ1) is 16.4. The second-order valence-corrected chi connectivity index (χ2v) is 9.27. The molecule has 34 heavy (non-hydrogen) atoms. The maximum Gasteiger partial charge on any atom is 0.257 e. The van der Waals surface area contributed by atoms with Gasteiger partial charge in [0.05, 0.1) is 22.6 Å². The third-order valence-corrected chi connectivity index (χ3v) is 6.57. The van der Waals surface area contributed by atoms with Gasteiger partial charge in [-0.15, -0.1) is 0 Å². The van der Waals surface area contributed by atoms with Gasteiger partial charge in [0.25, 0.3) is 5.91 Å². The van der Waals surface area contributed by atoms with E-state index < -0.39 is 11.7 Å². The molecule has 1 aromatic carbocycles. The summed E-state index contributed by atoms with van der Waals surface area (Å²) < 4.78 is 16.0. The molecule has 2 fully saturated rings. The average molecular weight is 464 g/mol. The number of aliphatic imine (C=N–C) groups is 1. The zero-order valence-corrected chi connectivity index (χ0v) is 19.5. The molecule has 0 bridgehead atoms. The predicted octanol–water partition coefficient (Wildman–Crippen LogP) is 3.24. The number of fused-ring (bicyclic) bond motifs is 1. The van der Waals surface area contributed by atoms with Gasteiger partial charge in [-0.1, -0.05) is 0 Å². The van der Waals surface area contributed by atoms with Crippen molar-refractivity contribution in [3.05, 3.63) is 53.2 Å². The van der Waals surface area contributed by atoms with Crippen LogP contribution in [-0.2, 0) is 0 Å². The average Bonchev–Trinajstić information content (AvgIpc) is 3.37. The predicted molar refractivity (Wildman–Crippen MR) is 134 cm³/mol. The Morgan fingerprint density at radius 2 is 2.15 bits per heavy atom. The van der Waals surface area contributed by atoms with Crippen LogP contribution in [0.15, 0.2) is 35.6 Å². The van der Waals surface area contributed by atoms with Gasteiger partial charge in [0.15, 0.2) is 11.5 Å². The van der Waals surface area contributed by atoms with Crippen LogP contribution in [0.5, 0.6) is 0 Å². The van der Waals surface area contributed by atoms with Gasteiger partial charge in [0.2, 0.25) is 0 Å². The van der Waals surface area contributed by atoms with Crippen molar-refractivity contribution in [3.63, 3.8) is 0 Å². The molecule has 1 amide bonds. The van der Waals surface area contributed by atoms with E-state index in [1.807, 2.05) is 6.07 Å². The highest BCUT2D eigenvalue weighted by Crippen LogP contribution is 2.32. The normalized spacial score (nSPS) is 18.3. The van der Waals surface area contributed by atoms with Crippen molar-refractivity contribution in [1.82, 2.24) is 14.7 Å². The first-order valence-electron chi connectivity index (χ1n) is 11.7. The van der Waals surface area contributed by atoms with Crippen LogP contribution in [-0.4, -0.2) is 54.2 Å². The lowest BCUT2D eigenvalue weighted by Crippen LogP contribution is -2.34. The van der Waals surface area contributed by atoms with Crippen molar-refractivity contribution in [1.29, 1.82) is 0 Å². The Kier molecular flexibility index (Phi) is 5.95. The number of carbonyl (C=O) groups is 1. The van der Waals surface area contributed by atoms with Gasteiger partial charge in [0.1, 0.15) is 0 Å². The third-order valence-electron chi connectivity index (χ3n) is 6.57. The van der Waals surface area contributed by atoms with Crippen molar-refractivity contribution in [2.45, 2.75) is 32.2 Å². The van der Waals surface area contributed by atoms with Gasteiger partial charge >= 0.3 is 0 Å². The van der Waals surface area contributed by atoms with Crippen molar-refractivity contribution in [2.75, 3.05) is 42.6 Å². The number of carbonyl (C=O) groups excluding carboxylic acids is 1. The molecule has 0 unspecified atom stereocenters. The van der Waals surface area contributed by atoms with Crippen LogP contribution in [0.1, 0.15) is 40.9 Å². The summed E-state index contributed by atoms with van der Waals surface area (Å²) in [6.07, 6.45) is 8.78. The molecule has 9 heteroatoms. The monoisotopic (exact) mass is 463 g/mol. The summed E-state index contributed by atoms with van der Waals surface area (Å²) in [7, 11) is 1.69. The highest BCUT2D eigenvalue weighted by atomic mass is 19.1. The van der Waals surface area contributed by atoms with Crippen LogP contribution < -0.4 is 21.3 Å². The number of aromatic nitrogens is 2. The number of nitrogens with two attached hydrogens (primary N) is 1. The van der Waals surface area contributed by atoms with Crippen LogP contribution in [0.3, 0.4) is 0 Å². The number of anilines is 3. The van der Waals surface area contributed by atoms with Crippen molar-refractivity contribution in [3.8, 4) is 0 Å². The fraction of sp³-hybridized carbons (Fsp3) is 0.400. The van der Waals surface area contributed by atoms with Crippen LogP contribution in [0.25, 0.3) is 5.65 Å². The summed E-state index contributed by atoms with van der Waals surface area (Å²) in [6, 6.07) is 5.37. The molecule has 1 atom stereocenters. The number of nitrogen functional groups attached to an aromatic ring is 1. The molecule has 3 aromatic rings. The summed E-state index contributed by atoms with van der Waals surface area (Å²) in [4.78, 5) is 23.7. The van der Waals surface area contributed by atoms with Gasteiger partial charge < -0.3 is 25.7 Å². The lowest BCUT2D eigenvalue weighted by molar-refractivity contribution is 0.102. The van der Waals surface area contributed by atoms with E-state index in [9.17, 15) is 9.18 Å². The molecule has 1 aliphatic carbocycles. The summed E-state index contributed by atoms with van der Waals surface area (Å²) in [5.41, 5.74) is 10.1. The Labute approximate surface area is 198 Å². The minimum absolute atomic E-state index is 0.219. The summed E-state index contributed by atoms with van der Waals surface area (Å²) in [5.74, 6) is -0.0695. The molecule has 2 aromatic heterocycles. The number of rotatable bonds is 7. The molecule has 0 spiro atoms. The third kappa shape index (κ3) is 4.48. The molecule has 1 saturated carbocycles. The van der Waals surface area contributed by atoms with Gasteiger partial charge in [-0.25, -0.2) is 9.37 Å². The van der Waals surface area contributed by atoms with E-state index in [0.29, 0.717) is 28.7 Å². The number of halogens is 1. The SMILES string of the molecule is CN=Cc1c(N2CC[C@@H](NCC3CC3)C2)ccc(C(=O)Nc2cc(F)c3nc(C)cn3c2)c1N. The quantitative estimate of drug-likeness (QED) is 0.369. The standard InChI is InChI=1S/C25H30FN7O/c1-15-12-33-14-18(9-21(26)24(33)30-15)31-25(34)19-5-6-22(20(11-28-2)23(19)27)32-8-7-17(13-32)29-10-16-3-4-16/h5-6,9,11-12,14,16-17,29H,3-4,7-8,10,13,27H2,1-2H3,(H,31,34)/t17-/m1/s1. The summed E-state index contributed by atoms with van der Waals surface area (Å²) in [5, 5.41) is 6.44. The van der Waals surface area contributed by atoms with E-state index in [1.165, 1.54) is 18.9 Å². The second kappa shape index (κ2) is 9.06. The Hall–Kier alpha value is -3.46. The number of hydrogen-bond donors (Lipinski definition) is 3. The van der Waals surface area contributed by atoms with E-state index >= 15 is 0 Å². The summed E-state index contributed by atoms with van der Waals surface area (Å²) in [6.45, 7) is 4.69. The molecule has 178 valence electrons. The van der Waals surface area contributed by atoms with Crippen LogP contribution in [0.4, 0.5) is 21.5 Å². The maximum absolute atomic E-state index is 14.4. The van der Waals surface area contributed by atoms with Gasteiger partial charge in [-0.05, 0) is 50.8 Å². The summed E-state index contributed by atoms with van der Waals surface area (Å²) >= 11 is 0. The number of aryl methyl sites for hydroxylation is 1. The number of benzene rings is 1. The van der Waals surface area contributed by atoms with Crippen molar-refractivity contribution in [2.24, 2.45) is 10.9 Å². The fourth-order valence-electron chi connectivity index (χ4n) is 4.61. The molecule has 0 radical (unpaired) electrons. The number of pyridine rings is 1. The van der Waals surface area contributed by atoms with Crippen molar-refractivity contribution >= 4 is 34.8 Å². The van der Waals surface area contributed by atoms with E-state index in [-0.39, 0.29) is 5.65 Å². The molecule has 3 heterocycles. The Balaban J connectivity index is 1.37. The molecule has 5 rings (SSSR count). The Morgan fingerprint density at radius 1 is 1.32 bits per heavy atom. The maximum atomic E-state index is 14.4. The lowest BCUT2D eigenvalue weighted by Gasteiger charge is -2.23. The molecular formula is C25H30FN7O. The first-order valence-corrected chi connectivity index (χ1v) is 11.7. The van der Waals surface area contributed by atoms with E-state index in [0.717, 1.165) is 43.2 Å². The molecule has 4 N–H and O–H groups in total. The largest absolute Gasteiger partial charge is 0.397 e.